The summed E-state index contributed by atoms with van der Waals surface area (Å²) >= 11 is 5.89. The largest absolute Gasteiger partial charge is 0.309 e. The molecule has 0 amide bonds. The Labute approximate surface area is 116 Å². The summed E-state index contributed by atoms with van der Waals surface area (Å²) in [6, 6.07) is 4.31. The molecule has 2 unspecified atom stereocenters. The van der Waals surface area contributed by atoms with Gasteiger partial charge in [0.05, 0.1) is 10.7 Å². The minimum atomic E-state index is 0.351. The van der Waals surface area contributed by atoms with E-state index in [0.29, 0.717) is 11.1 Å². The van der Waals surface area contributed by atoms with Crippen LogP contribution in [0.25, 0.3) is 0 Å². The minimum Gasteiger partial charge on any atom is -0.309 e. The third-order valence-corrected chi connectivity index (χ3v) is 3.39. The van der Waals surface area contributed by atoms with Crippen LogP contribution in [0.2, 0.25) is 5.02 Å². The second-order valence-electron chi connectivity index (χ2n) is 5.04. The topological polar surface area (TPSA) is 24.9 Å². The zero-order valence-electron chi connectivity index (χ0n) is 11.7. The van der Waals surface area contributed by atoms with Crippen LogP contribution in [0.1, 0.15) is 58.2 Å². The lowest BCUT2D eigenvalue weighted by molar-refractivity contribution is 0.385. The molecule has 0 spiro atoms. The van der Waals surface area contributed by atoms with Crippen molar-refractivity contribution in [3.63, 3.8) is 0 Å². The number of nitrogens with zero attached hydrogens (tertiary/aromatic N) is 1. The molecular weight excluding hydrogens is 244 g/mol. The van der Waals surface area contributed by atoms with E-state index in [1.807, 2.05) is 12.1 Å². The van der Waals surface area contributed by atoms with Gasteiger partial charge < -0.3 is 5.32 Å². The van der Waals surface area contributed by atoms with Gasteiger partial charge in [-0.15, -0.1) is 0 Å². The van der Waals surface area contributed by atoms with E-state index in [4.69, 9.17) is 11.6 Å². The molecule has 0 aromatic carbocycles. The molecule has 0 saturated carbocycles. The van der Waals surface area contributed by atoms with E-state index in [9.17, 15) is 0 Å². The van der Waals surface area contributed by atoms with E-state index in [-0.39, 0.29) is 0 Å². The van der Waals surface area contributed by atoms with Crippen LogP contribution in [0.5, 0.6) is 0 Å². The number of halogens is 1. The molecule has 102 valence electrons. The quantitative estimate of drug-likeness (QED) is 0.745. The molecule has 0 aliphatic carbocycles. The molecular formula is C15H25ClN2. The summed E-state index contributed by atoms with van der Waals surface area (Å²) in [6.07, 6.45) is 6.55. The van der Waals surface area contributed by atoms with Crippen LogP contribution >= 0.6 is 11.6 Å². The van der Waals surface area contributed by atoms with Crippen molar-refractivity contribution in [3.8, 4) is 0 Å². The second-order valence-corrected chi connectivity index (χ2v) is 5.47. The van der Waals surface area contributed by atoms with Gasteiger partial charge in [-0.3, -0.25) is 4.98 Å². The molecule has 0 radical (unpaired) electrons. The maximum absolute atomic E-state index is 5.89. The Morgan fingerprint density at radius 2 is 2.06 bits per heavy atom. The van der Waals surface area contributed by atoms with Crippen LogP contribution in [0.3, 0.4) is 0 Å². The minimum absolute atomic E-state index is 0.351. The Morgan fingerprint density at radius 3 is 2.61 bits per heavy atom. The SMILES string of the molecule is CCCNC(CC(C)CCC)c1ccc(Cl)cn1. The van der Waals surface area contributed by atoms with Crippen molar-refractivity contribution in [2.45, 2.75) is 52.5 Å². The van der Waals surface area contributed by atoms with Gasteiger partial charge in [-0.05, 0) is 37.4 Å². The van der Waals surface area contributed by atoms with Crippen LogP contribution in [-0.4, -0.2) is 11.5 Å². The Balaban J connectivity index is 2.67. The number of hydrogen-bond acceptors (Lipinski definition) is 2. The first-order valence-electron chi connectivity index (χ1n) is 7.02. The molecule has 1 aromatic heterocycles. The van der Waals surface area contributed by atoms with Gasteiger partial charge in [0.25, 0.3) is 0 Å². The highest BCUT2D eigenvalue weighted by atomic mass is 35.5. The second kappa shape index (κ2) is 8.49. The first-order valence-corrected chi connectivity index (χ1v) is 7.40. The summed E-state index contributed by atoms with van der Waals surface area (Å²) < 4.78 is 0. The van der Waals surface area contributed by atoms with Crippen molar-refractivity contribution in [1.82, 2.24) is 10.3 Å². The predicted octanol–water partition coefficient (Wildman–Crippen LogP) is 4.60. The van der Waals surface area contributed by atoms with Gasteiger partial charge in [0, 0.05) is 12.2 Å². The maximum Gasteiger partial charge on any atom is 0.0589 e. The van der Waals surface area contributed by atoms with Crippen molar-refractivity contribution in [1.29, 1.82) is 0 Å². The lowest BCUT2D eigenvalue weighted by Gasteiger charge is -2.21. The summed E-state index contributed by atoms with van der Waals surface area (Å²) in [5.74, 6) is 0.724. The van der Waals surface area contributed by atoms with Crippen LogP contribution in [0, 0.1) is 5.92 Å². The van der Waals surface area contributed by atoms with Crippen LogP contribution in [0.4, 0.5) is 0 Å². The molecule has 1 rings (SSSR count). The Hall–Kier alpha value is -0.600. The predicted molar refractivity (Wildman–Crippen MR) is 79.0 cm³/mol. The number of aromatic nitrogens is 1. The fraction of sp³-hybridized carbons (Fsp3) is 0.667. The summed E-state index contributed by atoms with van der Waals surface area (Å²) in [6.45, 7) is 7.79. The lowest BCUT2D eigenvalue weighted by atomic mass is 9.95. The van der Waals surface area contributed by atoms with Gasteiger partial charge >= 0.3 is 0 Å². The van der Waals surface area contributed by atoms with Gasteiger partial charge in [-0.25, -0.2) is 0 Å². The average molecular weight is 269 g/mol. The fourth-order valence-electron chi connectivity index (χ4n) is 2.23. The molecule has 0 saturated heterocycles. The molecule has 0 fully saturated rings. The van der Waals surface area contributed by atoms with Gasteiger partial charge in [-0.1, -0.05) is 45.2 Å². The molecule has 0 aliphatic rings. The molecule has 2 nitrogen and oxygen atoms in total. The molecule has 0 aliphatic heterocycles. The van der Waals surface area contributed by atoms with Crippen molar-refractivity contribution in [3.05, 3.63) is 29.0 Å². The summed E-state index contributed by atoms with van der Waals surface area (Å²) in [4.78, 5) is 4.45. The van der Waals surface area contributed by atoms with Gasteiger partial charge in [0.15, 0.2) is 0 Å². The Kier molecular flexibility index (Phi) is 7.29. The number of nitrogens with one attached hydrogen (secondary N) is 1. The van der Waals surface area contributed by atoms with Crippen LogP contribution in [-0.2, 0) is 0 Å². The van der Waals surface area contributed by atoms with Crippen molar-refractivity contribution < 1.29 is 0 Å². The molecule has 1 aromatic rings. The van der Waals surface area contributed by atoms with E-state index in [0.717, 1.165) is 31.0 Å². The van der Waals surface area contributed by atoms with Gasteiger partial charge in [-0.2, -0.15) is 0 Å². The van der Waals surface area contributed by atoms with Crippen molar-refractivity contribution >= 4 is 11.6 Å². The molecule has 1 N–H and O–H groups in total. The monoisotopic (exact) mass is 268 g/mol. The van der Waals surface area contributed by atoms with E-state index < -0.39 is 0 Å². The van der Waals surface area contributed by atoms with Gasteiger partial charge in [0.2, 0.25) is 0 Å². The highest BCUT2D eigenvalue weighted by molar-refractivity contribution is 6.30. The van der Waals surface area contributed by atoms with Crippen molar-refractivity contribution in [2.24, 2.45) is 5.92 Å². The lowest BCUT2D eigenvalue weighted by Crippen LogP contribution is -2.24. The number of hydrogen-bond donors (Lipinski definition) is 1. The van der Waals surface area contributed by atoms with Gasteiger partial charge in [0.1, 0.15) is 0 Å². The number of pyridine rings is 1. The number of rotatable bonds is 8. The first kappa shape index (κ1) is 15.5. The van der Waals surface area contributed by atoms with E-state index >= 15 is 0 Å². The first-order chi connectivity index (χ1) is 8.67. The highest BCUT2D eigenvalue weighted by Crippen LogP contribution is 2.23. The smallest absolute Gasteiger partial charge is 0.0589 e. The molecule has 1 heterocycles. The van der Waals surface area contributed by atoms with Crippen molar-refractivity contribution in [2.75, 3.05) is 6.54 Å². The zero-order chi connectivity index (χ0) is 13.4. The summed E-state index contributed by atoms with van der Waals surface area (Å²) in [5, 5.41) is 4.29. The van der Waals surface area contributed by atoms with E-state index in [1.165, 1.54) is 12.8 Å². The molecule has 18 heavy (non-hydrogen) atoms. The maximum atomic E-state index is 5.89. The summed E-state index contributed by atoms with van der Waals surface area (Å²) in [7, 11) is 0. The Morgan fingerprint density at radius 1 is 1.28 bits per heavy atom. The van der Waals surface area contributed by atoms with E-state index in [2.05, 4.69) is 31.1 Å². The van der Waals surface area contributed by atoms with Crippen LogP contribution in [0.15, 0.2) is 18.3 Å². The molecule has 0 bridgehead atoms. The molecule has 3 heteroatoms. The van der Waals surface area contributed by atoms with E-state index in [1.54, 1.807) is 6.20 Å². The standard InChI is InChI=1S/C15H25ClN2/c1-4-6-12(3)10-15(17-9-5-2)14-8-7-13(16)11-18-14/h7-8,11-12,15,17H,4-6,9-10H2,1-3H3. The van der Waals surface area contributed by atoms with Crippen LogP contribution < -0.4 is 5.32 Å². The fourth-order valence-corrected chi connectivity index (χ4v) is 2.35. The third-order valence-electron chi connectivity index (χ3n) is 3.17. The normalized spacial score (nSPS) is 14.4. The Bertz CT molecular complexity index is 324. The third kappa shape index (κ3) is 5.36. The average Bonchev–Trinajstić information content (AvgIpc) is 2.36. The zero-order valence-corrected chi connectivity index (χ0v) is 12.5. The molecule has 2 atom stereocenters. The summed E-state index contributed by atoms with van der Waals surface area (Å²) in [5.41, 5.74) is 1.11. The highest BCUT2D eigenvalue weighted by Gasteiger charge is 2.15.